The molecular formula is C50H84N8O12. The van der Waals surface area contributed by atoms with E-state index >= 15 is 0 Å². The third-order valence-corrected chi connectivity index (χ3v) is 15.6. The number of ether oxygens (including phenoxy) is 6. The summed E-state index contributed by atoms with van der Waals surface area (Å²) in [5, 5.41) is 72.3. The summed E-state index contributed by atoms with van der Waals surface area (Å²) in [7, 11) is 5.32. The van der Waals surface area contributed by atoms with Crippen LogP contribution in [0.1, 0.15) is 107 Å². The first-order valence-corrected chi connectivity index (χ1v) is 25.2. The van der Waals surface area contributed by atoms with Crippen LogP contribution in [0.5, 0.6) is 5.75 Å². The normalized spacial score (nSPS) is 39.6. The van der Waals surface area contributed by atoms with Gasteiger partial charge >= 0.3 is 5.97 Å². The number of nitrogens with zero attached hydrogens (tertiary/aromatic N) is 8. The highest BCUT2D eigenvalue weighted by Crippen LogP contribution is 2.45. The fourth-order valence-electron chi connectivity index (χ4n) is 11.3. The molecule has 0 radical (unpaired) electrons. The Morgan fingerprint density at radius 1 is 1.01 bits per heavy atom. The summed E-state index contributed by atoms with van der Waals surface area (Å²) in [5.41, 5.74) is 5.47. The van der Waals surface area contributed by atoms with E-state index in [4.69, 9.17) is 34.0 Å². The van der Waals surface area contributed by atoms with Crippen molar-refractivity contribution in [3.8, 4) is 5.75 Å². The summed E-state index contributed by atoms with van der Waals surface area (Å²) in [5.74, 6) is -2.47. The highest BCUT2D eigenvalue weighted by Gasteiger charge is 2.55. The van der Waals surface area contributed by atoms with E-state index in [1.807, 2.05) is 59.8 Å². The highest BCUT2D eigenvalue weighted by molar-refractivity contribution is 5.73. The Hall–Kier alpha value is -3.50. The van der Waals surface area contributed by atoms with Crippen molar-refractivity contribution in [3.05, 3.63) is 46.6 Å². The monoisotopic (exact) mass is 989 g/mol. The van der Waals surface area contributed by atoms with Crippen LogP contribution in [0.2, 0.25) is 0 Å². The van der Waals surface area contributed by atoms with Crippen LogP contribution in [-0.4, -0.2) is 181 Å². The summed E-state index contributed by atoms with van der Waals surface area (Å²) < 4.78 is 39.8. The van der Waals surface area contributed by atoms with Gasteiger partial charge in [0, 0.05) is 80.8 Å². The molecule has 0 bridgehead atoms. The number of hydrogen-bond donors (Lipinski definition) is 5. The number of rotatable bonds is 15. The number of benzene rings is 1. The fraction of sp³-hybridized carbons (Fsp3) is 0.820. The van der Waals surface area contributed by atoms with E-state index < -0.39 is 102 Å². The fourth-order valence-corrected chi connectivity index (χ4v) is 11.3. The number of aliphatic hydroxyl groups excluding tert-OH is 3. The van der Waals surface area contributed by atoms with E-state index in [0.29, 0.717) is 56.9 Å². The quantitative estimate of drug-likeness (QED) is 0.0528. The van der Waals surface area contributed by atoms with Gasteiger partial charge in [-0.3, -0.25) is 9.48 Å². The molecule has 4 heterocycles. The smallest absolute Gasteiger partial charge is 0.309 e. The first-order chi connectivity index (χ1) is 32.9. The lowest BCUT2D eigenvalue weighted by molar-refractivity contribution is -0.302. The molecule has 1 aromatic heterocycles. The van der Waals surface area contributed by atoms with Crippen molar-refractivity contribution >= 4 is 11.7 Å². The van der Waals surface area contributed by atoms with Gasteiger partial charge in [-0.15, -0.1) is 5.10 Å². The molecule has 3 saturated heterocycles. The summed E-state index contributed by atoms with van der Waals surface area (Å²) in [6.07, 6.45) is -4.20. The average Bonchev–Trinajstić information content (AvgIpc) is 3.77. The number of methoxy groups -OCH3 is 1. The van der Waals surface area contributed by atoms with E-state index in [9.17, 15) is 30.3 Å². The number of likely N-dealkylation sites (N-methyl/N-ethyl adjacent to an activating group) is 2. The van der Waals surface area contributed by atoms with Gasteiger partial charge in [-0.1, -0.05) is 38.0 Å². The second-order valence-electron chi connectivity index (χ2n) is 21.4. The average molecular weight is 989 g/mol. The van der Waals surface area contributed by atoms with Crippen LogP contribution in [0, 0.1) is 23.7 Å². The van der Waals surface area contributed by atoms with Crippen molar-refractivity contribution in [1.82, 2.24) is 24.8 Å². The Balaban J connectivity index is 1.39. The number of carbonyl (C=O) groups is 1. The van der Waals surface area contributed by atoms with E-state index in [0.717, 1.165) is 5.69 Å². The summed E-state index contributed by atoms with van der Waals surface area (Å²) in [6, 6.07) is 5.93. The lowest BCUT2D eigenvalue weighted by Gasteiger charge is -2.51. The van der Waals surface area contributed by atoms with Crippen LogP contribution in [-0.2, 0) is 41.4 Å². The lowest BCUT2D eigenvalue weighted by Crippen LogP contribution is -2.62. The molecule has 18 atom stereocenters. The Morgan fingerprint density at radius 2 is 1.70 bits per heavy atom. The summed E-state index contributed by atoms with van der Waals surface area (Å²) in [4.78, 5) is 21.4. The van der Waals surface area contributed by atoms with Gasteiger partial charge in [0.1, 0.15) is 35.8 Å². The minimum Gasteiger partial charge on any atom is -0.494 e. The van der Waals surface area contributed by atoms with Crippen molar-refractivity contribution < 1.29 is 58.7 Å². The number of azide groups is 1. The highest BCUT2D eigenvalue weighted by atomic mass is 16.7. The molecule has 0 spiro atoms. The SMILES string of the molecule is CC[C@H]1OC(=O)[C@H](C)C([C@H]2C[C@@](C)(OC)[C@@H](O)[C@H](C)O2)[C@H](C)[C@@H](O[C@@H]2O[C@H](C)C[C@H](N(C)CCc3cn(CCCOc4ccc(N=[N+]=[N-])cc4)nn3)[C@H]2O)[C@](C)(O)C[C@@H](C)CN(C)[C@H](C)[C@@H](O)[C@]1(C)O. The lowest BCUT2D eigenvalue weighted by atomic mass is 9.68. The van der Waals surface area contributed by atoms with Crippen molar-refractivity contribution in [2.45, 2.75) is 198 Å². The van der Waals surface area contributed by atoms with E-state index in [2.05, 4.69) is 25.2 Å². The van der Waals surface area contributed by atoms with Gasteiger partial charge < -0.3 is 63.8 Å². The zero-order chi connectivity index (χ0) is 51.9. The first-order valence-electron chi connectivity index (χ1n) is 25.2. The molecule has 2 aromatic rings. The molecule has 3 fully saturated rings. The van der Waals surface area contributed by atoms with Crippen LogP contribution in [0.15, 0.2) is 35.6 Å². The molecule has 1 unspecified atom stereocenters. The maximum Gasteiger partial charge on any atom is 0.309 e. The number of aryl methyl sites for hydroxylation is 1. The number of hydrogen-bond acceptors (Lipinski definition) is 17. The Morgan fingerprint density at radius 3 is 2.34 bits per heavy atom. The van der Waals surface area contributed by atoms with Crippen LogP contribution >= 0.6 is 0 Å². The molecule has 0 saturated carbocycles. The predicted octanol–water partition coefficient (Wildman–Crippen LogP) is 4.79. The van der Waals surface area contributed by atoms with Crippen LogP contribution in [0.3, 0.4) is 0 Å². The minimum atomic E-state index is -1.82. The molecule has 20 heteroatoms. The van der Waals surface area contributed by atoms with Crippen LogP contribution in [0.25, 0.3) is 10.4 Å². The topological polar surface area (TPSA) is 260 Å². The third kappa shape index (κ3) is 13.8. The maximum atomic E-state index is 14.6. The van der Waals surface area contributed by atoms with Crippen molar-refractivity contribution in [2.75, 3.05) is 40.9 Å². The molecular weight excluding hydrogens is 905 g/mol. The molecule has 0 aliphatic carbocycles. The molecule has 5 rings (SSSR count). The van der Waals surface area contributed by atoms with Gasteiger partial charge in [0.2, 0.25) is 0 Å². The molecule has 3 aliphatic heterocycles. The van der Waals surface area contributed by atoms with Crippen LogP contribution < -0.4 is 4.74 Å². The Labute approximate surface area is 414 Å². The van der Waals surface area contributed by atoms with Crippen molar-refractivity contribution in [1.29, 1.82) is 0 Å². The number of cyclic esters (lactones) is 1. The first kappa shape index (κ1) is 57.4. The predicted molar refractivity (Wildman–Crippen MR) is 261 cm³/mol. The largest absolute Gasteiger partial charge is 0.494 e. The molecule has 0 amide bonds. The Bertz CT molecular complexity index is 2000. The maximum absolute atomic E-state index is 14.6. The molecule has 70 heavy (non-hydrogen) atoms. The van der Waals surface area contributed by atoms with E-state index in [-0.39, 0.29) is 31.3 Å². The number of aliphatic hydroxyl groups is 5. The number of aromatic nitrogens is 3. The zero-order valence-electron chi connectivity index (χ0n) is 43.8. The zero-order valence-corrected chi connectivity index (χ0v) is 43.8. The molecule has 396 valence electrons. The second-order valence-corrected chi connectivity index (χ2v) is 21.4. The van der Waals surface area contributed by atoms with E-state index in [1.54, 1.807) is 56.6 Å². The molecule has 20 nitrogen and oxygen atoms in total. The van der Waals surface area contributed by atoms with Gasteiger partial charge in [-0.2, -0.15) is 0 Å². The minimum absolute atomic E-state index is 0.173. The summed E-state index contributed by atoms with van der Waals surface area (Å²) in [6.45, 7) is 20.0. The molecule has 3 aliphatic rings. The van der Waals surface area contributed by atoms with Gasteiger partial charge in [0.05, 0.1) is 53.8 Å². The van der Waals surface area contributed by atoms with Crippen molar-refractivity contribution in [2.24, 2.45) is 28.8 Å². The standard InChI is InChI=1S/C50H84N8O12/c1-14-40-50(10,64)43(60)33(6)57(12)27-29(2)25-48(8,63)45(31(4)41(32(5)46(62)69-40)39-26-49(9,65-13)44(61)34(7)68-39)70-47-42(59)38(24-30(3)67-47)56(11)22-20-36-28-58(55-53-36)21-15-23-66-37-18-16-35(17-19-37)52-54-51/h16-19,28-34,38-45,47,59-61,63-64H,14-15,20-27H2,1-13H3/t29-,30-,31+,32-,33-,34+,38+,39-,40-,41?,42-,43-,44+,45-,47+,48-,49-,50-/m1/s1. The van der Waals surface area contributed by atoms with E-state index in [1.165, 1.54) is 14.0 Å². The van der Waals surface area contributed by atoms with Gasteiger partial charge in [-0.25, -0.2) is 0 Å². The van der Waals surface area contributed by atoms with Gasteiger partial charge in [0.15, 0.2) is 6.29 Å². The second kappa shape index (κ2) is 24.5. The van der Waals surface area contributed by atoms with Gasteiger partial charge in [-0.05, 0) is 117 Å². The van der Waals surface area contributed by atoms with Crippen LogP contribution in [0.4, 0.5) is 5.69 Å². The summed E-state index contributed by atoms with van der Waals surface area (Å²) >= 11 is 0. The third-order valence-electron chi connectivity index (χ3n) is 15.6. The number of carbonyl (C=O) groups excluding carboxylic acids is 1. The Kier molecular flexibility index (Phi) is 20.1. The number of esters is 1. The molecule has 5 N–H and O–H groups in total. The van der Waals surface area contributed by atoms with Crippen molar-refractivity contribution in [3.63, 3.8) is 0 Å². The molecule has 1 aromatic carbocycles. The van der Waals surface area contributed by atoms with Gasteiger partial charge in [0.25, 0.3) is 0 Å².